The molecule has 1 aromatic heterocycles. The number of nitrogens with one attached hydrogen (secondary N) is 1. The van der Waals surface area contributed by atoms with Crippen LogP contribution < -0.4 is 5.32 Å². The Bertz CT molecular complexity index is 406. The number of aromatic nitrogens is 1. The summed E-state index contributed by atoms with van der Waals surface area (Å²) < 4.78 is 0.977. The zero-order valence-electron chi connectivity index (χ0n) is 9.79. The van der Waals surface area contributed by atoms with Crippen molar-refractivity contribution in [3.8, 4) is 0 Å². The zero-order chi connectivity index (χ0) is 11.9. The van der Waals surface area contributed by atoms with Crippen LogP contribution in [0.5, 0.6) is 0 Å². The maximum Gasteiger partial charge on any atom is 0.140 e. The van der Waals surface area contributed by atoms with E-state index in [4.69, 9.17) is 0 Å². The Morgan fingerprint density at radius 1 is 1.56 bits per heavy atom. The number of halogens is 1. The monoisotopic (exact) mass is 284 g/mol. The number of aliphatic hydroxyl groups excluding tert-OH is 1. The quantitative estimate of drug-likeness (QED) is 0.878. The van der Waals surface area contributed by atoms with Crippen LogP contribution in [0.1, 0.15) is 25.8 Å². The summed E-state index contributed by atoms with van der Waals surface area (Å²) in [5.74, 6) is 0.857. The third-order valence-electron chi connectivity index (χ3n) is 3.50. The van der Waals surface area contributed by atoms with Gasteiger partial charge in [-0.15, -0.1) is 0 Å². The molecule has 16 heavy (non-hydrogen) atoms. The molecule has 0 radical (unpaired) electrons. The molecule has 2 rings (SSSR count). The highest BCUT2D eigenvalue weighted by Crippen LogP contribution is 2.42. The van der Waals surface area contributed by atoms with Crippen molar-refractivity contribution >= 4 is 21.7 Å². The highest BCUT2D eigenvalue weighted by atomic mass is 79.9. The van der Waals surface area contributed by atoms with Crippen LogP contribution in [-0.4, -0.2) is 22.2 Å². The number of anilines is 1. The fraction of sp³-hybridized carbons (Fsp3) is 0.583. The van der Waals surface area contributed by atoms with E-state index in [-0.39, 0.29) is 17.6 Å². The largest absolute Gasteiger partial charge is 0.392 e. The Hall–Kier alpha value is -0.610. The topological polar surface area (TPSA) is 45.2 Å². The molecular weight excluding hydrogens is 268 g/mol. The first-order valence-corrected chi connectivity index (χ1v) is 6.27. The maximum absolute atomic E-state index is 9.67. The molecule has 1 fully saturated rings. The van der Waals surface area contributed by atoms with Crippen molar-refractivity contribution in [1.29, 1.82) is 0 Å². The lowest BCUT2D eigenvalue weighted by Crippen LogP contribution is -2.57. The number of hydrogen-bond acceptors (Lipinski definition) is 3. The summed E-state index contributed by atoms with van der Waals surface area (Å²) in [6.07, 6.45) is 2.42. The summed E-state index contributed by atoms with van der Waals surface area (Å²) in [5, 5.41) is 13.0. The molecule has 1 heterocycles. The molecule has 1 saturated carbocycles. The van der Waals surface area contributed by atoms with Crippen LogP contribution in [0.3, 0.4) is 0 Å². The normalized spacial score (nSPS) is 27.3. The van der Waals surface area contributed by atoms with E-state index in [1.165, 1.54) is 0 Å². The fourth-order valence-corrected chi connectivity index (χ4v) is 2.53. The Labute approximate surface area is 104 Å². The predicted octanol–water partition coefficient (Wildman–Crippen LogP) is 2.72. The van der Waals surface area contributed by atoms with E-state index in [2.05, 4.69) is 40.1 Å². The first-order valence-electron chi connectivity index (χ1n) is 5.48. The molecule has 0 amide bonds. The van der Waals surface area contributed by atoms with Crippen molar-refractivity contribution in [3.63, 3.8) is 0 Å². The molecule has 1 aliphatic carbocycles. The molecule has 0 saturated heterocycles. The van der Waals surface area contributed by atoms with Gasteiger partial charge in [-0.3, -0.25) is 0 Å². The van der Waals surface area contributed by atoms with Gasteiger partial charge in [-0.25, -0.2) is 4.98 Å². The summed E-state index contributed by atoms with van der Waals surface area (Å²) in [4.78, 5) is 4.35. The van der Waals surface area contributed by atoms with Crippen molar-refractivity contribution < 1.29 is 5.11 Å². The van der Waals surface area contributed by atoms with Gasteiger partial charge in [0.2, 0.25) is 0 Å². The third-order valence-corrected chi connectivity index (χ3v) is 4.11. The standard InChI is InChI=1S/C12H17BrN2O/c1-7-4-8(13)11(14-6-7)15-9-5-10(16)12(9,2)3/h4,6,9-10,16H,5H2,1-3H3,(H,14,15). The van der Waals surface area contributed by atoms with Gasteiger partial charge < -0.3 is 10.4 Å². The van der Waals surface area contributed by atoms with Crippen molar-refractivity contribution in [2.75, 3.05) is 5.32 Å². The Morgan fingerprint density at radius 3 is 2.75 bits per heavy atom. The maximum atomic E-state index is 9.67. The van der Waals surface area contributed by atoms with E-state index in [0.717, 1.165) is 22.3 Å². The van der Waals surface area contributed by atoms with Crippen LogP contribution in [0.4, 0.5) is 5.82 Å². The summed E-state index contributed by atoms with van der Waals surface area (Å²) in [7, 11) is 0. The van der Waals surface area contributed by atoms with E-state index < -0.39 is 0 Å². The highest BCUT2D eigenvalue weighted by molar-refractivity contribution is 9.10. The molecule has 2 unspecified atom stereocenters. The van der Waals surface area contributed by atoms with Gasteiger partial charge in [-0.05, 0) is 40.9 Å². The van der Waals surface area contributed by atoms with E-state index in [9.17, 15) is 5.11 Å². The van der Waals surface area contributed by atoms with Crippen molar-refractivity contribution in [2.24, 2.45) is 5.41 Å². The molecule has 88 valence electrons. The van der Waals surface area contributed by atoms with E-state index in [1.54, 1.807) is 0 Å². The number of pyridine rings is 1. The number of rotatable bonds is 2. The fourth-order valence-electron chi connectivity index (χ4n) is 1.95. The van der Waals surface area contributed by atoms with Crippen LogP contribution >= 0.6 is 15.9 Å². The minimum atomic E-state index is -0.214. The van der Waals surface area contributed by atoms with Gasteiger partial charge in [0.25, 0.3) is 0 Å². The highest BCUT2D eigenvalue weighted by Gasteiger charge is 2.47. The Balaban J connectivity index is 2.11. The van der Waals surface area contributed by atoms with Crippen molar-refractivity contribution in [1.82, 2.24) is 4.98 Å². The molecule has 3 nitrogen and oxygen atoms in total. The van der Waals surface area contributed by atoms with Crippen LogP contribution in [0.2, 0.25) is 0 Å². The molecule has 1 aromatic rings. The Morgan fingerprint density at radius 2 is 2.25 bits per heavy atom. The zero-order valence-corrected chi connectivity index (χ0v) is 11.4. The smallest absolute Gasteiger partial charge is 0.140 e. The van der Waals surface area contributed by atoms with Gasteiger partial charge in [0.15, 0.2) is 0 Å². The van der Waals surface area contributed by atoms with Crippen LogP contribution in [-0.2, 0) is 0 Å². The van der Waals surface area contributed by atoms with Crippen molar-refractivity contribution in [2.45, 2.75) is 39.3 Å². The summed E-state index contributed by atoms with van der Waals surface area (Å²) in [6.45, 7) is 6.15. The summed E-state index contributed by atoms with van der Waals surface area (Å²) in [5.41, 5.74) is 1.05. The second-order valence-corrected chi connectivity index (χ2v) is 5.97. The Kier molecular flexibility index (Phi) is 2.97. The molecule has 1 aliphatic rings. The molecule has 2 atom stereocenters. The molecule has 0 spiro atoms. The number of aryl methyl sites for hydroxylation is 1. The second-order valence-electron chi connectivity index (χ2n) is 5.11. The predicted molar refractivity (Wildman–Crippen MR) is 68.5 cm³/mol. The molecule has 0 aromatic carbocycles. The summed E-state index contributed by atoms with van der Waals surface area (Å²) >= 11 is 3.49. The van der Waals surface area contributed by atoms with Gasteiger partial charge >= 0.3 is 0 Å². The SMILES string of the molecule is Cc1cnc(NC2CC(O)C2(C)C)c(Br)c1. The van der Waals surface area contributed by atoms with Gasteiger partial charge in [0.05, 0.1) is 10.6 Å². The van der Waals surface area contributed by atoms with E-state index >= 15 is 0 Å². The summed E-state index contributed by atoms with van der Waals surface area (Å²) in [6, 6.07) is 2.33. The van der Waals surface area contributed by atoms with Gasteiger partial charge in [0.1, 0.15) is 5.82 Å². The number of aliphatic hydroxyl groups is 1. The van der Waals surface area contributed by atoms with Gasteiger partial charge in [-0.1, -0.05) is 13.8 Å². The van der Waals surface area contributed by atoms with Crippen LogP contribution in [0.25, 0.3) is 0 Å². The molecular formula is C12H17BrN2O. The first kappa shape index (κ1) is 11.9. The third kappa shape index (κ3) is 1.96. The second kappa shape index (κ2) is 4.00. The first-order chi connectivity index (χ1) is 7.41. The van der Waals surface area contributed by atoms with Crippen molar-refractivity contribution in [3.05, 3.63) is 22.3 Å². The number of nitrogens with zero attached hydrogens (tertiary/aromatic N) is 1. The lowest BCUT2D eigenvalue weighted by atomic mass is 9.64. The molecule has 4 heteroatoms. The van der Waals surface area contributed by atoms with Gasteiger partial charge in [0, 0.05) is 17.7 Å². The molecule has 0 aliphatic heterocycles. The minimum Gasteiger partial charge on any atom is -0.392 e. The molecule has 2 N–H and O–H groups in total. The average Bonchev–Trinajstić information content (AvgIpc) is 2.21. The van der Waals surface area contributed by atoms with E-state index in [0.29, 0.717) is 0 Å². The van der Waals surface area contributed by atoms with Gasteiger partial charge in [-0.2, -0.15) is 0 Å². The van der Waals surface area contributed by atoms with Crippen LogP contribution in [0, 0.1) is 12.3 Å². The average molecular weight is 285 g/mol. The van der Waals surface area contributed by atoms with E-state index in [1.807, 2.05) is 19.2 Å². The number of hydrogen-bond donors (Lipinski definition) is 2. The molecule has 0 bridgehead atoms. The minimum absolute atomic E-state index is 0.0774. The lowest BCUT2D eigenvalue weighted by Gasteiger charge is -2.49. The lowest BCUT2D eigenvalue weighted by molar-refractivity contribution is -0.0511. The van der Waals surface area contributed by atoms with Crippen LogP contribution in [0.15, 0.2) is 16.7 Å².